The van der Waals surface area contributed by atoms with E-state index in [0.717, 1.165) is 44.9 Å². The van der Waals surface area contributed by atoms with Gasteiger partial charge < -0.3 is 0 Å². The van der Waals surface area contributed by atoms with Crippen molar-refractivity contribution in [3.63, 3.8) is 0 Å². The van der Waals surface area contributed by atoms with Gasteiger partial charge in [0.1, 0.15) is 5.92 Å². The van der Waals surface area contributed by atoms with E-state index in [1.807, 2.05) is 0 Å². The van der Waals surface area contributed by atoms with Crippen molar-refractivity contribution < 1.29 is 14.4 Å². The lowest BCUT2D eigenvalue weighted by molar-refractivity contribution is -0.145. The number of urea groups is 1. The molecule has 5 heteroatoms. The highest BCUT2D eigenvalue weighted by atomic mass is 16.2. The van der Waals surface area contributed by atoms with Crippen LogP contribution in [-0.4, -0.2) is 29.3 Å². The van der Waals surface area contributed by atoms with Crippen molar-refractivity contribution in [3.8, 4) is 0 Å². The SMILES string of the molecule is CC(C)CCCCN1C(=O)NC(=O)C(C2CCCC2)C1=O. The maximum atomic E-state index is 12.5. The molecule has 0 aromatic rings. The Bertz CT molecular complexity index is 414. The second-order valence-corrected chi connectivity index (χ2v) is 6.70. The minimum absolute atomic E-state index is 0.115. The second kappa shape index (κ2) is 7.05. The van der Waals surface area contributed by atoms with Gasteiger partial charge in [-0.3, -0.25) is 19.8 Å². The number of rotatable bonds is 6. The van der Waals surface area contributed by atoms with Gasteiger partial charge in [-0.25, -0.2) is 4.79 Å². The summed E-state index contributed by atoms with van der Waals surface area (Å²) in [7, 11) is 0. The molecule has 118 valence electrons. The molecule has 1 aliphatic carbocycles. The van der Waals surface area contributed by atoms with Crippen LogP contribution in [0.25, 0.3) is 0 Å². The first kappa shape index (κ1) is 16.0. The van der Waals surface area contributed by atoms with Crippen LogP contribution < -0.4 is 5.32 Å². The Morgan fingerprint density at radius 1 is 1.14 bits per heavy atom. The Labute approximate surface area is 126 Å². The second-order valence-electron chi connectivity index (χ2n) is 6.70. The van der Waals surface area contributed by atoms with Gasteiger partial charge in [-0.2, -0.15) is 0 Å². The summed E-state index contributed by atoms with van der Waals surface area (Å²) in [6, 6.07) is -0.538. The van der Waals surface area contributed by atoms with E-state index >= 15 is 0 Å². The summed E-state index contributed by atoms with van der Waals surface area (Å²) in [5.74, 6) is -0.571. The fourth-order valence-corrected chi connectivity index (χ4v) is 3.37. The standard InChI is InChI=1S/C16H26N2O3/c1-11(2)7-5-6-10-18-15(20)13(12-8-3-4-9-12)14(19)17-16(18)21/h11-13H,3-10H2,1-2H3,(H,17,19,21). The predicted octanol–water partition coefficient (Wildman–Crippen LogP) is 2.70. The minimum Gasteiger partial charge on any atom is -0.277 e. The molecule has 2 rings (SSSR count). The van der Waals surface area contributed by atoms with Crippen molar-refractivity contribution in [3.05, 3.63) is 0 Å². The minimum atomic E-state index is -0.643. The number of nitrogens with one attached hydrogen (secondary N) is 1. The summed E-state index contributed by atoms with van der Waals surface area (Å²) in [4.78, 5) is 37.6. The van der Waals surface area contributed by atoms with Crippen LogP contribution in [0.4, 0.5) is 4.79 Å². The molecule has 2 aliphatic rings. The summed E-state index contributed by atoms with van der Waals surface area (Å²) in [6.45, 7) is 4.75. The fourth-order valence-electron chi connectivity index (χ4n) is 3.37. The lowest BCUT2D eigenvalue weighted by Crippen LogP contribution is -2.59. The highest BCUT2D eigenvalue weighted by Crippen LogP contribution is 2.34. The zero-order valence-corrected chi connectivity index (χ0v) is 13.1. The first-order chi connectivity index (χ1) is 10.0. The van der Waals surface area contributed by atoms with Gasteiger partial charge in [0.15, 0.2) is 0 Å². The van der Waals surface area contributed by atoms with E-state index in [9.17, 15) is 14.4 Å². The van der Waals surface area contributed by atoms with Crippen molar-refractivity contribution in [2.45, 2.75) is 58.8 Å². The monoisotopic (exact) mass is 294 g/mol. The topological polar surface area (TPSA) is 66.5 Å². The molecule has 1 saturated carbocycles. The Hall–Kier alpha value is -1.39. The Kier molecular flexibility index (Phi) is 5.37. The van der Waals surface area contributed by atoms with E-state index in [2.05, 4.69) is 19.2 Å². The van der Waals surface area contributed by atoms with Crippen molar-refractivity contribution in [2.24, 2.45) is 17.8 Å². The average Bonchev–Trinajstić information content (AvgIpc) is 2.90. The molecule has 1 atom stereocenters. The summed E-state index contributed by atoms with van der Waals surface area (Å²) < 4.78 is 0. The van der Waals surface area contributed by atoms with Crippen molar-refractivity contribution in [1.29, 1.82) is 0 Å². The van der Waals surface area contributed by atoms with Crippen LogP contribution in [0.5, 0.6) is 0 Å². The first-order valence-electron chi connectivity index (χ1n) is 8.17. The van der Waals surface area contributed by atoms with Gasteiger partial charge in [0.2, 0.25) is 11.8 Å². The van der Waals surface area contributed by atoms with Crippen LogP contribution in [0, 0.1) is 17.8 Å². The smallest absolute Gasteiger partial charge is 0.277 e. The van der Waals surface area contributed by atoms with Gasteiger partial charge in [0, 0.05) is 6.54 Å². The predicted molar refractivity (Wildman–Crippen MR) is 79.4 cm³/mol. The maximum absolute atomic E-state index is 12.5. The Morgan fingerprint density at radius 2 is 1.81 bits per heavy atom. The molecule has 0 bridgehead atoms. The summed E-state index contributed by atoms with van der Waals surface area (Å²) >= 11 is 0. The normalized spacial score (nSPS) is 24.0. The number of nitrogens with zero attached hydrogens (tertiary/aromatic N) is 1. The summed E-state index contributed by atoms with van der Waals surface area (Å²) in [5.41, 5.74) is 0. The number of carbonyl (C=O) groups is 3. The van der Waals surface area contributed by atoms with Crippen molar-refractivity contribution in [1.82, 2.24) is 10.2 Å². The highest BCUT2D eigenvalue weighted by molar-refractivity contribution is 6.16. The van der Waals surface area contributed by atoms with Gasteiger partial charge in [-0.1, -0.05) is 39.5 Å². The quantitative estimate of drug-likeness (QED) is 0.605. The molecule has 1 heterocycles. The van der Waals surface area contributed by atoms with E-state index in [0.29, 0.717) is 12.5 Å². The molecule has 0 radical (unpaired) electrons. The lowest BCUT2D eigenvalue weighted by atomic mass is 9.87. The van der Waals surface area contributed by atoms with E-state index in [-0.39, 0.29) is 11.8 Å². The van der Waals surface area contributed by atoms with Crippen LogP contribution in [0.15, 0.2) is 0 Å². The summed E-state index contributed by atoms with van der Waals surface area (Å²) in [5, 5.41) is 2.36. The largest absolute Gasteiger partial charge is 0.330 e. The first-order valence-corrected chi connectivity index (χ1v) is 8.17. The lowest BCUT2D eigenvalue weighted by Gasteiger charge is -2.32. The van der Waals surface area contributed by atoms with Gasteiger partial charge >= 0.3 is 6.03 Å². The van der Waals surface area contributed by atoms with E-state index in [4.69, 9.17) is 0 Å². The zero-order valence-electron chi connectivity index (χ0n) is 13.1. The molecule has 4 amide bonds. The maximum Gasteiger partial charge on any atom is 0.330 e. The summed E-state index contributed by atoms with van der Waals surface area (Å²) in [6.07, 6.45) is 6.88. The third kappa shape index (κ3) is 3.83. The third-order valence-electron chi connectivity index (χ3n) is 4.57. The average molecular weight is 294 g/mol. The number of unbranched alkanes of at least 4 members (excludes halogenated alkanes) is 1. The molecule has 0 spiro atoms. The van der Waals surface area contributed by atoms with Crippen LogP contribution in [0.3, 0.4) is 0 Å². The van der Waals surface area contributed by atoms with Gasteiger partial charge in [0.05, 0.1) is 0 Å². The van der Waals surface area contributed by atoms with E-state index < -0.39 is 17.9 Å². The molecule has 5 nitrogen and oxygen atoms in total. The molecule has 1 N–H and O–H groups in total. The van der Waals surface area contributed by atoms with Crippen LogP contribution in [0.1, 0.15) is 58.8 Å². The van der Waals surface area contributed by atoms with Crippen molar-refractivity contribution >= 4 is 17.8 Å². The van der Waals surface area contributed by atoms with Gasteiger partial charge in [-0.15, -0.1) is 0 Å². The number of amides is 4. The number of carbonyl (C=O) groups excluding carboxylic acids is 3. The molecule has 0 aromatic heterocycles. The molecule has 21 heavy (non-hydrogen) atoms. The number of barbiturate groups is 1. The molecule has 1 aliphatic heterocycles. The number of imide groups is 2. The number of hydrogen-bond acceptors (Lipinski definition) is 3. The van der Waals surface area contributed by atoms with Gasteiger partial charge in [-0.05, 0) is 31.1 Å². The number of hydrogen-bond donors (Lipinski definition) is 1. The zero-order chi connectivity index (χ0) is 15.4. The van der Waals surface area contributed by atoms with Crippen molar-refractivity contribution in [2.75, 3.05) is 6.54 Å². The highest BCUT2D eigenvalue weighted by Gasteiger charge is 2.44. The molecule has 2 fully saturated rings. The molecule has 1 unspecified atom stereocenters. The van der Waals surface area contributed by atoms with Crippen LogP contribution in [-0.2, 0) is 9.59 Å². The van der Waals surface area contributed by atoms with Gasteiger partial charge in [0.25, 0.3) is 0 Å². The van der Waals surface area contributed by atoms with Crippen LogP contribution in [0.2, 0.25) is 0 Å². The fraction of sp³-hybridized carbons (Fsp3) is 0.812. The van der Waals surface area contributed by atoms with E-state index in [1.165, 1.54) is 4.90 Å². The van der Waals surface area contributed by atoms with E-state index in [1.54, 1.807) is 0 Å². The third-order valence-corrected chi connectivity index (χ3v) is 4.57. The molecule has 1 saturated heterocycles. The molecule has 0 aromatic carbocycles. The molecular weight excluding hydrogens is 268 g/mol. The Morgan fingerprint density at radius 3 is 2.43 bits per heavy atom. The Balaban J connectivity index is 1.94. The van der Waals surface area contributed by atoms with Crippen LogP contribution >= 0.6 is 0 Å². The molecular formula is C16H26N2O3.